The summed E-state index contributed by atoms with van der Waals surface area (Å²) in [5, 5.41) is 12.6. The van der Waals surface area contributed by atoms with E-state index in [1.165, 1.54) is 10.6 Å². The van der Waals surface area contributed by atoms with E-state index in [1.807, 2.05) is 19.1 Å². The number of urea groups is 1. The fourth-order valence-electron chi connectivity index (χ4n) is 4.54. The van der Waals surface area contributed by atoms with E-state index in [9.17, 15) is 29.1 Å². The minimum absolute atomic E-state index is 0.124. The Morgan fingerprint density at radius 1 is 1.06 bits per heavy atom. The summed E-state index contributed by atoms with van der Waals surface area (Å²) in [5.74, 6) is -4.08. The number of aromatic nitrogens is 1. The van der Waals surface area contributed by atoms with Crippen molar-refractivity contribution in [3.63, 3.8) is 0 Å². The molecule has 36 heavy (non-hydrogen) atoms. The van der Waals surface area contributed by atoms with Crippen LogP contribution in [0.1, 0.15) is 21.9 Å². The molecular formula is C24H20N4O6S2. The summed E-state index contributed by atoms with van der Waals surface area (Å²) in [6.45, 7) is 1.60. The first-order valence-corrected chi connectivity index (χ1v) is 12.6. The van der Waals surface area contributed by atoms with Crippen molar-refractivity contribution in [2.75, 3.05) is 5.32 Å². The Hall–Kier alpha value is -3.90. The molecule has 3 aromatic rings. The average molecular weight is 525 g/mol. The maximum atomic E-state index is 13.2. The van der Waals surface area contributed by atoms with Crippen LogP contribution in [0.25, 0.3) is 0 Å². The Labute approximate surface area is 212 Å². The number of benzene rings is 2. The van der Waals surface area contributed by atoms with Gasteiger partial charge < -0.3 is 16.2 Å². The Balaban J connectivity index is 1.57. The Bertz CT molecular complexity index is 1480. The normalized spacial score (nSPS) is 20.7. The van der Waals surface area contributed by atoms with Gasteiger partial charge in [0.1, 0.15) is 17.5 Å². The lowest BCUT2D eigenvalue weighted by Gasteiger charge is -2.31. The number of hydrogen-bond acceptors (Lipinski definition) is 8. The molecule has 0 bridgehead atoms. The van der Waals surface area contributed by atoms with Crippen molar-refractivity contribution in [2.24, 2.45) is 11.7 Å². The average Bonchev–Trinajstić information content (AvgIpc) is 3.27. The molecule has 1 saturated heterocycles. The number of nitrogens with two attached hydrogens (primary N) is 1. The molecule has 0 aliphatic carbocycles. The molecule has 3 heterocycles. The van der Waals surface area contributed by atoms with Crippen molar-refractivity contribution in [3.05, 3.63) is 74.2 Å². The number of anilines is 1. The minimum atomic E-state index is -1.19. The molecule has 0 spiro atoms. The summed E-state index contributed by atoms with van der Waals surface area (Å²) in [5.41, 5.74) is 7.24. The van der Waals surface area contributed by atoms with Gasteiger partial charge in [-0.2, -0.15) is 4.90 Å². The quantitative estimate of drug-likeness (QED) is 0.443. The lowest BCUT2D eigenvalue weighted by atomic mass is 9.82. The van der Waals surface area contributed by atoms with E-state index >= 15 is 0 Å². The zero-order chi connectivity index (χ0) is 25.7. The first-order valence-electron chi connectivity index (χ1n) is 10.9. The molecule has 184 valence electrons. The summed E-state index contributed by atoms with van der Waals surface area (Å²) in [4.78, 5) is 64.3. The van der Waals surface area contributed by atoms with Crippen molar-refractivity contribution in [1.82, 2.24) is 9.47 Å². The van der Waals surface area contributed by atoms with Gasteiger partial charge in [-0.05, 0) is 25.1 Å². The van der Waals surface area contributed by atoms with Crippen LogP contribution >= 0.6 is 23.1 Å². The summed E-state index contributed by atoms with van der Waals surface area (Å²) >= 11 is 1.79. The van der Waals surface area contributed by atoms with Crippen LogP contribution in [0.5, 0.6) is 5.75 Å². The number of nitrogens with zero attached hydrogens (tertiary/aromatic N) is 2. The molecule has 4 N–H and O–H groups in total. The number of amides is 5. The second-order valence-corrected chi connectivity index (χ2v) is 10.6. The number of fused-ring (bicyclic) bond motifs is 2. The number of phenolic OH excluding ortho intramolecular Hbond substituents is 1. The van der Waals surface area contributed by atoms with Crippen LogP contribution in [0.2, 0.25) is 0 Å². The summed E-state index contributed by atoms with van der Waals surface area (Å²) in [7, 11) is 0. The molecule has 0 saturated carbocycles. The number of carbonyl (C=O) groups is 4. The number of thioether (sulfide) groups is 1. The van der Waals surface area contributed by atoms with Crippen molar-refractivity contribution in [1.29, 1.82) is 0 Å². The number of nitrogens with one attached hydrogen (secondary N) is 1. The van der Waals surface area contributed by atoms with Gasteiger partial charge in [0.25, 0.3) is 5.91 Å². The molecule has 5 rings (SSSR count). The number of likely N-dealkylation sites (tertiary alicyclic amines) is 1. The van der Waals surface area contributed by atoms with E-state index in [0.717, 1.165) is 28.7 Å². The third kappa shape index (κ3) is 3.88. The Kier molecular flexibility index (Phi) is 5.92. The number of aromatic hydroxyl groups is 1. The second-order valence-electron chi connectivity index (χ2n) is 8.49. The smallest absolute Gasteiger partial charge is 0.328 e. The fourth-order valence-corrected chi connectivity index (χ4v) is 7.30. The topological polar surface area (TPSA) is 152 Å². The zero-order valence-corrected chi connectivity index (χ0v) is 20.5. The number of rotatable bonds is 4. The number of primary amides is 1. The number of thiazole rings is 1. The highest BCUT2D eigenvalue weighted by atomic mass is 32.2. The van der Waals surface area contributed by atoms with Crippen LogP contribution in [-0.4, -0.2) is 43.6 Å². The first-order chi connectivity index (χ1) is 17.2. The Morgan fingerprint density at radius 3 is 2.42 bits per heavy atom. The standard InChI is InChI=1S/C24H20N4O6S2/c1-11-6-8-12(9-7-11)26-15(30)10-27-22-19(36-24(27)34)16(13-4-2-3-5-14(13)29)17-18(35-22)21(32)28(20(17)31)23(25)33/h2-9,16-18,29H,10H2,1H3,(H2,25,33)(H,26,30)/t16-,17+,18-/m0/s1. The predicted molar refractivity (Wildman–Crippen MR) is 133 cm³/mol. The van der Waals surface area contributed by atoms with Gasteiger partial charge in [0, 0.05) is 22.0 Å². The van der Waals surface area contributed by atoms with Crippen molar-refractivity contribution >= 4 is 52.5 Å². The molecule has 3 atom stereocenters. The first kappa shape index (κ1) is 23.8. The van der Waals surface area contributed by atoms with Gasteiger partial charge in [0.15, 0.2) is 0 Å². The summed E-state index contributed by atoms with van der Waals surface area (Å²) in [6.07, 6.45) is 0. The number of para-hydroxylation sites is 1. The lowest BCUT2D eigenvalue weighted by molar-refractivity contribution is -0.135. The molecule has 1 fully saturated rings. The van der Waals surface area contributed by atoms with Crippen LogP contribution < -0.4 is 15.9 Å². The number of phenols is 1. The van der Waals surface area contributed by atoms with Gasteiger partial charge in [0.05, 0.1) is 10.9 Å². The Morgan fingerprint density at radius 2 is 1.75 bits per heavy atom. The van der Waals surface area contributed by atoms with Gasteiger partial charge in [0.2, 0.25) is 11.8 Å². The highest BCUT2D eigenvalue weighted by Crippen LogP contribution is 2.54. The fraction of sp³-hybridized carbons (Fsp3) is 0.208. The van der Waals surface area contributed by atoms with E-state index < -0.39 is 45.7 Å². The highest BCUT2D eigenvalue weighted by Gasteiger charge is 2.58. The number of aryl methyl sites for hydroxylation is 1. The van der Waals surface area contributed by atoms with E-state index in [2.05, 4.69) is 5.32 Å². The minimum Gasteiger partial charge on any atom is -0.508 e. The monoisotopic (exact) mass is 524 g/mol. The molecule has 5 amide bonds. The molecular weight excluding hydrogens is 504 g/mol. The number of carbonyl (C=O) groups excluding carboxylic acids is 4. The third-order valence-electron chi connectivity index (χ3n) is 6.18. The van der Waals surface area contributed by atoms with Crippen LogP contribution in [0, 0.1) is 12.8 Å². The lowest BCUT2D eigenvalue weighted by Crippen LogP contribution is -2.41. The summed E-state index contributed by atoms with van der Waals surface area (Å²) < 4.78 is 1.25. The predicted octanol–water partition coefficient (Wildman–Crippen LogP) is 2.23. The van der Waals surface area contributed by atoms with Crippen LogP contribution in [0.3, 0.4) is 0 Å². The SMILES string of the molecule is Cc1ccc(NC(=O)Cn2c3c(sc2=O)[C@@H](c2ccccc2O)[C@H]2C(=O)N(C(N)=O)C(=O)[C@H]2S3)cc1. The van der Waals surface area contributed by atoms with Crippen molar-refractivity contribution in [2.45, 2.75) is 29.7 Å². The molecule has 2 aliphatic heterocycles. The van der Waals surface area contributed by atoms with Crippen LogP contribution in [0.4, 0.5) is 10.5 Å². The largest absolute Gasteiger partial charge is 0.508 e. The van der Waals surface area contributed by atoms with Gasteiger partial charge >= 0.3 is 10.9 Å². The van der Waals surface area contributed by atoms with Gasteiger partial charge in [-0.25, -0.2) is 4.79 Å². The molecule has 2 aliphatic rings. The summed E-state index contributed by atoms with van der Waals surface area (Å²) in [6, 6.07) is 12.3. The molecule has 1 aromatic heterocycles. The molecule has 0 unspecified atom stereocenters. The zero-order valence-electron chi connectivity index (χ0n) is 18.8. The highest BCUT2D eigenvalue weighted by molar-refractivity contribution is 8.00. The van der Waals surface area contributed by atoms with E-state index in [1.54, 1.807) is 30.3 Å². The van der Waals surface area contributed by atoms with E-state index in [4.69, 9.17) is 5.73 Å². The molecule has 0 radical (unpaired) electrons. The molecule has 12 heteroatoms. The van der Waals surface area contributed by atoms with Gasteiger partial charge in [-0.3, -0.25) is 23.7 Å². The molecule has 10 nitrogen and oxygen atoms in total. The van der Waals surface area contributed by atoms with E-state index in [-0.39, 0.29) is 12.3 Å². The second kappa shape index (κ2) is 8.95. The van der Waals surface area contributed by atoms with Gasteiger partial charge in [-0.1, -0.05) is 59.0 Å². The maximum absolute atomic E-state index is 13.2. The van der Waals surface area contributed by atoms with Gasteiger partial charge in [-0.15, -0.1) is 0 Å². The maximum Gasteiger partial charge on any atom is 0.328 e. The number of hydrogen-bond donors (Lipinski definition) is 3. The van der Waals surface area contributed by atoms with Crippen molar-refractivity contribution < 1.29 is 24.3 Å². The van der Waals surface area contributed by atoms with E-state index in [0.29, 0.717) is 26.1 Å². The number of imide groups is 3. The van der Waals surface area contributed by atoms with Crippen LogP contribution in [0.15, 0.2) is 58.4 Å². The third-order valence-corrected chi connectivity index (χ3v) is 8.78. The van der Waals surface area contributed by atoms with Crippen molar-refractivity contribution in [3.8, 4) is 5.75 Å². The molecule has 2 aromatic carbocycles. The van der Waals surface area contributed by atoms with Crippen LogP contribution in [-0.2, 0) is 20.9 Å².